The highest BCUT2D eigenvalue weighted by molar-refractivity contribution is 7.93. The summed E-state index contributed by atoms with van der Waals surface area (Å²) < 4.78 is 28.8. The van der Waals surface area contributed by atoms with Crippen molar-refractivity contribution in [3.8, 4) is 5.75 Å². The number of amides is 1. The fourth-order valence-corrected chi connectivity index (χ4v) is 6.06. The molecule has 3 aromatic rings. The fourth-order valence-electron chi connectivity index (χ4n) is 4.67. The number of aryl methyl sites for hydroxylation is 1. The van der Waals surface area contributed by atoms with Crippen LogP contribution in [0.15, 0.2) is 77.4 Å². The third-order valence-corrected chi connectivity index (χ3v) is 8.79. The molecule has 226 valence electrons. The highest BCUT2D eigenvalue weighted by Crippen LogP contribution is 2.34. The van der Waals surface area contributed by atoms with E-state index in [2.05, 4.69) is 28.8 Å². The first-order valence-electron chi connectivity index (χ1n) is 14.2. The number of benzene rings is 3. The van der Waals surface area contributed by atoms with Crippen LogP contribution in [-0.2, 0) is 10.0 Å². The number of sulfonamides is 1. The topological polar surface area (TPSA) is 151 Å². The van der Waals surface area contributed by atoms with E-state index in [4.69, 9.17) is 11.5 Å². The van der Waals surface area contributed by atoms with Crippen LogP contribution in [0.2, 0.25) is 0 Å². The zero-order valence-electron chi connectivity index (χ0n) is 24.9. The Morgan fingerprint density at radius 2 is 1.74 bits per heavy atom. The first-order chi connectivity index (χ1) is 20.0. The molecule has 1 aliphatic carbocycles. The van der Waals surface area contributed by atoms with Crippen LogP contribution < -0.4 is 21.5 Å². The number of nitrogens with two attached hydrogens (primary N) is 2. The van der Waals surface area contributed by atoms with Gasteiger partial charge in [0, 0.05) is 29.2 Å². The van der Waals surface area contributed by atoms with E-state index in [9.17, 15) is 18.3 Å². The molecule has 0 saturated heterocycles. The highest BCUT2D eigenvalue weighted by atomic mass is 32.2. The van der Waals surface area contributed by atoms with Crippen LogP contribution in [0.1, 0.15) is 49.5 Å². The van der Waals surface area contributed by atoms with Crippen LogP contribution in [0.4, 0.5) is 11.4 Å². The molecule has 42 heavy (non-hydrogen) atoms. The Kier molecular flexibility index (Phi) is 11.6. The Hall–Kier alpha value is -3.86. The van der Waals surface area contributed by atoms with E-state index in [1.54, 1.807) is 30.3 Å². The van der Waals surface area contributed by atoms with Gasteiger partial charge in [-0.3, -0.25) is 4.79 Å². The van der Waals surface area contributed by atoms with Crippen molar-refractivity contribution in [2.24, 2.45) is 5.92 Å². The first-order valence-corrected chi connectivity index (χ1v) is 15.7. The summed E-state index contributed by atoms with van der Waals surface area (Å²) in [6, 6.07) is 16.5. The predicted octanol–water partition coefficient (Wildman–Crippen LogP) is 4.89. The molecule has 1 aliphatic rings. The van der Waals surface area contributed by atoms with Crippen LogP contribution >= 0.6 is 0 Å². The Labute approximate surface area is 249 Å². The van der Waals surface area contributed by atoms with Crippen molar-refractivity contribution in [1.29, 1.82) is 0 Å². The number of phenolic OH excluding ortho intramolecular Hbond substituents is 1. The second-order valence-electron chi connectivity index (χ2n) is 10.4. The number of carbonyl (C=O) groups excluding carboxylic acids is 1. The van der Waals surface area contributed by atoms with Crippen molar-refractivity contribution < 1.29 is 18.3 Å². The lowest BCUT2D eigenvalue weighted by Crippen LogP contribution is -2.35. The second kappa shape index (κ2) is 14.9. The van der Waals surface area contributed by atoms with Gasteiger partial charge in [0.2, 0.25) is 10.0 Å². The molecule has 7 N–H and O–H groups in total. The zero-order valence-corrected chi connectivity index (χ0v) is 25.7. The van der Waals surface area contributed by atoms with E-state index in [1.165, 1.54) is 11.6 Å². The number of nitrogen functional groups attached to an aromatic ring is 2. The molecule has 4 rings (SSSR count). The number of carbonyl (C=O) groups is 1. The minimum atomic E-state index is -3.84. The molecule has 9 nitrogen and oxygen atoms in total. The molecule has 1 atom stereocenters. The number of anilines is 2. The summed E-state index contributed by atoms with van der Waals surface area (Å²) in [5.74, 6) is -1.16. The molecule has 0 fully saturated rings. The van der Waals surface area contributed by atoms with Crippen molar-refractivity contribution in [2.45, 2.75) is 40.5 Å². The average molecular weight is 594 g/mol. The normalized spacial score (nSPS) is 15.0. The number of nitrogens with one attached hydrogen (secondary N) is 2. The molecule has 0 spiro atoms. The van der Waals surface area contributed by atoms with Gasteiger partial charge in [0.05, 0.1) is 11.3 Å². The molecule has 1 amide bonds. The molecule has 0 bridgehead atoms. The van der Waals surface area contributed by atoms with E-state index >= 15 is 0 Å². The van der Waals surface area contributed by atoms with Gasteiger partial charge in [-0.2, -0.15) is 0 Å². The van der Waals surface area contributed by atoms with E-state index < -0.39 is 15.9 Å². The number of rotatable bonds is 10. The van der Waals surface area contributed by atoms with Crippen molar-refractivity contribution in [3.63, 3.8) is 0 Å². The lowest BCUT2D eigenvalue weighted by molar-refractivity contribution is 0.0959. The summed E-state index contributed by atoms with van der Waals surface area (Å²) in [4.78, 5) is 15.4. The second-order valence-corrected chi connectivity index (χ2v) is 12.1. The molecular weight excluding hydrogens is 550 g/mol. The highest BCUT2D eigenvalue weighted by Gasteiger charge is 2.28. The van der Waals surface area contributed by atoms with Crippen LogP contribution in [0.5, 0.6) is 5.75 Å². The van der Waals surface area contributed by atoms with Gasteiger partial charge in [-0.15, -0.1) is 0 Å². The number of allylic oxidation sites excluding steroid dienone is 3. The molecule has 0 heterocycles. The van der Waals surface area contributed by atoms with Gasteiger partial charge in [-0.25, -0.2) is 13.1 Å². The van der Waals surface area contributed by atoms with Gasteiger partial charge in [0.1, 0.15) is 4.91 Å². The van der Waals surface area contributed by atoms with Crippen LogP contribution in [0.3, 0.4) is 0 Å². The van der Waals surface area contributed by atoms with Gasteiger partial charge in [0.15, 0.2) is 5.75 Å². The van der Waals surface area contributed by atoms with Gasteiger partial charge in [-0.05, 0) is 69.1 Å². The first kappa shape index (κ1) is 32.7. The molecule has 0 radical (unpaired) electrons. The van der Waals surface area contributed by atoms with Gasteiger partial charge in [0.25, 0.3) is 5.91 Å². The quantitative estimate of drug-likeness (QED) is 0.128. The third-order valence-electron chi connectivity index (χ3n) is 7.28. The molecule has 0 aliphatic heterocycles. The van der Waals surface area contributed by atoms with E-state index in [0.29, 0.717) is 35.9 Å². The van der Waals surface area contributed by atoms with Crippen molar-refractivity contribution >= 4 is 38.1 Å². The van der Waals surface area contributed by atoms with Crippen LogP contribution in [-0.4, -0.2) is 50.5 Å². The van der Waals surface area contributed by atoms with E-state index in [-0.39, 0.29) is 27.8 Å². The van der Waals surface area contributed by atoms with Gasteiger partial charge >= 0.3 is 0 Å². The Morgan fingerprint density at radius 1 is 1.07 bits per heavy atom. The number of fused-ring (bicyclic) bond motifs is 1. The summed E-state index contributed by atoms with van der Waals surface area (Å²) in [7, 11) is -3.84. The molecule has 0 saturated carbocycles. The largest absolute Gasteiger partial charge is 0.505 e. The number of hydrogen-bond acceptors (Lipinski definition) is 7. The Bertz CT molecular complexity index is 1520. The zero-order chi connectivity index (χ0) is 30.9. The Morgan fingerprint density at radius 3 is 2.38 bits per heavy atom. The number of aromatic hydroxyl groups is 1. The van der Waals surface area contributed by atoms with Crippen LogP contribution in [0, 0.1) is 12.8 Å². The summed E-state index contributed by atoms with van der Waals surface area (Å²) in [6.45, 7) is 11.0. The SMILES string of the molecule is CCN(CC)CCCNS(=O)(=O)C1=C(NC(=O)c2cc3ccccc3c(N)c2O)C(C)CC=C1.Cc1ccc(N)cc1. The smallest absolute Gasteiger partial charge is 0.259 e. The molecule has 3 aromatic carbocycles. The third kappa shape index (κ3) is 8.34. The lowest BCUT2D eigenvalue weighted by atomic mass is 9.98. The molecule has 10 heteroatoms. The Balaban J connectivity index is 0.000000521. The standard InChI is InChI=1S/C25H34N4O4S.C7H9N/c1-4-29(5-2)15-9-14-27-34(32,33)21-13-8-10-17(3)23(21)28-25(31)20-16-18-11-6-7-12-19(18)22(26)24(20)30;1-6-2-4-7(8)5-3-6/h6-8,11-13,16-17,27,30H,4-5,9-10,14-15,26H2,1-3H3,(H,28,31);2-5H,8H2,1H3. The minimum absolute atomic E-state index is 0.00520. The number of hydrogen-bond donors (Lipinski definition) is 5. The minimum Gasteiger partial charge on any atom is -0.505 e. The van der Waals surface area contributed by atoms with Gasteiger partial charge in [-0.1, -0.05) is 68.8 Å². The van der Waals surface area contributed by atoms with Crippen molar-refractivity contribution in [1.82, 2.24) is 14.9 Å². The molecule has 0 aromatic heterocycles. The summed E-state index contributed by atoms with van der Waals surface area (Å²) in [5, 5.41) is 14.7. The van der Waals surface area contributed by atoms with Crippen molar-refractivity contribution in [3.05, 3.63) is 88.5 Å². The molecular formula is C32H43N5O4S. The fraction of sp³-hybridized carbons (Fsp3) is 0.344. The summed E-state index contributed by atoms with van der Waals surface area (Å²) in [5.41, 5.74) is 14.0. The maximum Gasteiger partial charge on any atom is 0.259 e. The maximum atomic E-state index is 13.1. The number of nitrogens with zero attached hydrogens (tertiary/aromatic N) is 1. The maximum absolute atomic E-state index is 13.1. The van der Waals surface area contributed by atoms with Gasteiger partial charge < -0.3 is 26.8 Å². The van der Waals surface area contributed by atoms with Crippen molar-refractivity contribution in [2.75, 3.05) is 37.6 Å². The summed E-state index contributed by atoms with van der Waals surface area (Å²) in [6.07, 6.45) is 4.58. The predicted molar refractivity (Wildman–Crippen MR) is 172 cm³/mol. The monoisotopic (exact) mass is 593 g/mol. The summed E-state index contributed by atoms with van der Waals surface area (Å²) >= 11 is 0. The average Bonchev–Trinajstić information content (AvgIpc) is 2.97. The lowest BCUT2D eigenvalue weighted by Gasteiger charge is -2.24. The van der Waals surface area contributed by atoms with Crippen LogP contribution in [0.25, 0.3) is 10.8 Å². The van der Waals surface area contributed by atoms with E-state index in [0.717, 1.165) is 25.3 Å². The van der Waals surface area contributed by atoms with E-state index in [1.807, 2.05) is 44.2 Å². The molecule has 1 unspecified atom stereocenters. The number of phenols is 1.